The third-order valence-corrected chi connectivity index (χ3v) is 5.64. The fourth-order valence-electron chi connectivity index (χ4n) is 4.11. The zero-order valence-electron chi connectivity index (χ0n) is 18.0. The van der Waals surface area contributed by atoms with Crippen molar-refractivity contribution in [3.05, 3.63) is 48.0 Å². The van der Waals surface area contributed by atoms with Crippen LogP contribution in [0.15, 0.2) is 42.5 Å². The van der Waals surface area contributed by atoms with Crippen LogP contribution >= 0.6 is 0 Å². The zero-order valence-corrected chi connectivity index (χ0v) is 18.0. The Bertz CT molecular complexity index is 898. The molecule has 2 aromatic carbocycles. The van der Waals surface area contributed by atoms with Gasteiger partial charge in [0.05, 0.1) is 26.3 Å². The van der Waals surface area contributed by atoms with Crippen LogP contribution in [0, 0.1) is 0 Å². The number of quaternary nitrogens is 1. The minimum absolute atomic E-state index is 0.0361. The van der Waals surface area contributed by atoms with Crippen LogP contribution in [0.4, 0.5) is 11.4 Å². The summed E-state index contributed by atoms with van der Waals surface area (Å²) in [7, 11) is 3.32. The summed E-state index contributed by atoms with van der Waals surface area (Å²) >= 11 is 0. The van der Waals surface area contributed by atoms with Gasteiger partial charge in [0.15, 0.2) is 6.04 Å². The molecule has 1 fully saturated rings. The SMILES string of the molecule is COc1ccc(OC)c([C@H]2CCC[NH+]2[C@H](C)C(=O)Nc2ccc(NC(C)=O)cc2)c1. The van der Waals surface area contributed by atoms with Gasteiger partial charge in [-0.2, -0.15) is 0 Å². The maximum absolute atomic E-state index is 13.0. The summed E-state index contributed by atoms with van der Waals surface area (Å²) in [6, 6.07) is 12.9. The first-order chi connectivity index (χ1) is 14.4. The van der Waals surface area contributed by atoms with Gasteiger partial charge in [0, 0.05) is 31.1 Å². The predicted molar refractivity (Wildman–Crippen MR) is 116 cm³/mol. The van der Waals surface area contributed by atoms with Crippen molar-refractivity contribution >= 4 is 23.2 Å². The Morgan fingerprint density at radius 1 is 1.03 bits per heavy atom. The van der Waals surface area contributed by atoms with Gasteiger partial charge in [-0.3, -0.25) is 9.59 Å². The molecule has 160 valence electrons. The van der Waals surface area contributed by atoms with Gasteiger partial charge >= 0.3 is 0 Å². The number of amides is 2. The molecule has 3 N–H and O–H groups in total. The van der Waals surface area contributed by atoms with E-state index in [2.05, 4.69) is 10.6 Å². The van der Waals surface area contributed by atoms with Crippen LogP contribution in [0.3, 0.4) is 0 Å². The topological polar surface area (TPSA) is 81.1 Å². The Morgan fingerprint density at radius 3 is 2.30 bits per heavy atom. The van der Waals surface area contributed by atoms with E-state index in [0.717, 1.165) is 36.4 Å². The Labute approximate surface area is 177 Å². The molecule has 3 atom stereocenters. The van der Waals surface area contributed by atoms with Crippen molar-refractivity contribution < 1.29 is 24.0 Å². The summed E-state index contributed by atoms with van der Waals surface area (Å²) in [5, 5.41) is 5.71. The quantitative estimate of drug-likeness (QED) is 0.652. The lowest BCUT2D eigenvalue weighted by Gasteiger charge is -2.28. The lowest BCUT2D eigenvalue weighted by atomic mass is 10.0. The third kappa shape index (κ3) is 4.91. The van der Waals surface area contributed by atoms with E-state index in [1.54, 1.807) is 38.5 Å². The van der Waals surface area contributed by atoms with Crippen molar-refractivity contribution in [1.29, 1.82) is 0 Å². The highest BCUT2D eigenvalue weighted by atomic mass is 16.5. The maximum Gasteiger partial charge on any atom is 0.282 e. The van der Waals surface area contributed by atoms with Crippen molar-refractivity contribution in [2.24, 2.45) is 0 Å². The number of methoxy groups -OCH3 is 2. The molecule has 0 spiro atoms. The highest BCUT2D eigenvalue weighted by Crippen LogP contribution is 2.32. The van der Waals surface area contributed by atoms with Gasteiger partial charge in [0.1, 0.15) is 17.5 Å². The highest BCUT2D eigenvalue weighted by molar-refractivity contribution is 5.94. The third-order valence-electron chi connectivity index (χ3n) is 5.64. The number of ether oxygens (including phenoxy) is 2. The van der Waals surface area contributed by atoms with Crippen molar-refractivity contribution in [3.63, 3.8) is 0 Å². The summed E-state index contributed by atoms with van der Waals surface area (Å²) in [5.41, 5.74) is 2.47. The molecule has 1 aliphatic rings. The van der Waals surface area contributed by atoms with E-state index in [4.69, 9.17) is 9.47 Å². The zero-order chi connectivity index (χ0) is 21.7. The molecule has 30 heavy (non-hydrogen) atoms. The normalized spacial score (nSPS) is 19.1. The van der Waals surface area contributed by atoms with Crippen molar-refractivity contribution in [3.8, 4) is 11.5 Å². The number of rotatable bonds is 7. The van der Waals surface area contributed by atoms with E-state index in [0.29, 0.717) is 11.4 Å². The van der Waals surface area contributed by atoms with Crippen LogP contribution in [0.2, 0.25) is 0 Å². The second-order valence-corrected chi connectivity index (χ2v) is 7.60. The monoisotopic (exact) mass is 412 g/mol. The lowest BCUT2D eigenvalue weighted by Crippen LogP contribution is -3.15. The number of hydrogen-bond acceptors (Lipinski definition) is 4. The Balaban J connectivity index is 1.73. The van der Waals surface area contributed by atoms with Crippen molar-refractivity contribution in [1.82, 2.24) is 0 Å². The van der Waals surface area contributed by atoms with Crippen LogP contribution in [0.25, 0.3) is 0 Å². The molecule has 1 saturated heterocycles. The Hall–Kier alpha value is -3.06. The lowest BCUT2D eigenvalue weighted by molar-refractivity contribution is -0.932. The molecule has 2 amide bonds. The fraction of sp³-hybridized carbons (Fsp3) is 0.391. The number of anilines is 2. The van der Waals surface area contributed by atoms with E-state index < -0.39 is 0 Å². The Morgan fingerprint density at radius 2 is 1.70 bits per heavy atom. The molecule has 0 radical (unpaired) electrons. The highest BCUT2D eigenvalue weighted by Gasteiger charge is 2.38. The summed E-state index contributed by atoms with van der Waals surface area (Å²) in [6.45, 7) is 4.34. The second-order valence-electron chi connectivity index (χ2n) is 7.60. The van der Waals surface area contributed by atoms with Gasteiger partial charge in [-0.05, 0) is 49.4 Å². The summed E-state index contributed by atoms with van der Waals surface area (Å²) in [5.74, 6) is 1.44. The molecular weight excluding hydrogens is 382 g/mol. The van der Waals surface area contributed by atoms with Crippen LogP contribution < -0.4 is 25.0 Å². The van der Waals surface area contributed by atoms with E-state index in [1.165, 1.54) is 11.8 Å². The van der Waals surface area contributed by atoms with Gasteiger partial charge in [-0.25, -0.2) is 0 Å². The molecule has 1 aliphatic heterocycles. The van der Waals surface area contributed by atoms with Crippen LogP contribution in [-0.4, -0.2) is 38.6 Å². The average Bonchev–Trinajstić information content (AvgIpc) is 3.23. The second kappa shape index (κ2) is 9.63. The van der Waals surface area contributed by atoms with E-state index in [1.807, 2.05) is 25.1 Å². The largest absolute Gasteiger partial charge is 0.497 e. The van der Waals surface area contributed by atoms with Gasteiger partial charge in [0.2, 0.25) is 5.91 Å². The molecule has 7 nitrogen and oxygen atoms in total. The number of nitrogens with one attached hydrogen (secondary N) is 3. The smallest absolute Gasteiger partial charge is 0.282 e. The first-order valence-electron chi connectivity index (χ1n) is 10.2. The molecule has 7 heteroatoms. The van der Waals surface area contributed by atoms with Gasteiger partial charge in [0.25, 0.3) is 5.91 Å². The van der Waals surface area contributed by atoms with Crippen molar-refractivity contribution in [2.45, 2.75) is 38.8 Å². The van der Waals surface area contributed by atoms with Crippen molar-refractivity contribution in [2.75, 3.05) is 31.4 Å². The number of likely N-dealkylation sites (tertiary alicyclic amines) is 1. The number of benzene rings is 2. The summed E-state index contributed by atoms with van der Waals surface area (Å²) in [4.78, 5) is 25.3. The van der Waals surface area contributed by atoms with E-state index in [9.17, 15) is 9.59 Å². The standard InChI is InChI=1S/C23H29N3O4/c1-15(23(28)25-18-9-7-17(8-10-18)24-16(2)27)26-13-5-6-21(26)20-14-19(29-3)11-12-22(20)30-4/h7-12,14-15,21H,5-6,13H2,1-4H3,(H,24,27)(H,25,28)/p+1/t15-,21-/m1/s1. The maximum atomic E-state index is 13.0. The fourth-order valence-corrected chi connectivity index (χ4v) is 4.11. The minimum atomic E-state index is -0.233. The van der Waals surface area contributed by atoms with Gasteiger partial charge < -0.3 is 25.0 Å². The number of carbonyl (C=O) groups excluding carboxylic acids is 2. The predicted octanol–water partition coefficient (Wildman–Crippen LogP) is 2.41. The molecule has 1 unspecified atom stereocenters. The van der Waals surface area contributed by atoms with E-state index in [-0.39, 0.29) is 23.9 Å². The van der Waals surface area contributed by atoms with Crippen LogP contribution in [-0.2, 0) is 9.59 Å². The molecule has 2 aromatic rings. The Kier molecular flexibility index (Phi) is 6.95. The molecule has 0 aliphatic carbocycles. The number of hydrogen-bond donors (Lipinski definition) is 3. The molecular formula is C23H30N3O4+. The summed E-state index contributed by atoms with van der Waals surface area (Å²) < 4.78 is 11.0. The number of carbonyl (C=O) groups is 2. The summed E-state index contributed by atoms with van der Waals surface area (Å²) in [6.07, 6.45) is 2.03. The first-order valence-corrected chi connectivity index (χ1v) is 10.2. The van der Waals surface area contributed by atoms with Crippen LogP contribution in [0.1, 0.15) is 38.3 Å². The van der Waals surface area contributed by atoms with Gasteiger partial charge in [-0.1, -0.05) is 0 Å². The van der Waals surface area contributed by atoms with Gasteiger partial charge in [-0.15, -0.1) is 0 Å². The van der Waals surface area contributed by atoms with E-state index >= 15 is 0 Å². The minimum Gasteiger partial charge on any atom is -0.497 e. The molecule has 1 heterocycles. The van der Waals surface area contributed by atoms with Crippen LogP contribution in [0.5, 0.6) is 11.5 Å². The first kappa shape index (κ1) is 21.6. The molecule has 0 aromatic heterocycles. The molecule has 0 saturated carbocycles. The average molecular weight is 413 g/mol. The molecule has 0 bridgehead atoms. The molecule has 3 rings (SSSR count).